The van der Waals surface area contributed by atoms with E-state index in [4.69, 9.17) is 9.47 Å². The van der Waals surface area contributed by atoms with Crippen molar-refractivity contribution in [3.8, 4) is 5.75 Å². The van der Waals surface area contributed by atoms with Crippen LogP contribution in [0.4, 0.5) is 11.4 Å². The molecule has 0 radical (unpaired) electrons. The lowest BCUT2D eigenvalue weighted by molar-refractivity contribution is -0.385. The minimum atomic E-state index is -0.536. The maximum atomic E-state index is 12.5. The highest BCUT2D eigenvalue weighted by molar-refractivity contribution is 6.07. The van der Waals surface area contributed by atoms with Crippen LogP contribution in [0.5, 0.6) is 5.75 Å². The van der Waals surface area contributed by atoms with E-state index in [1.165, 1.54) is 6.07 Å². The Hall–Kier alpha value is -2.93. The lowest BCUT2D eigenvalue weighted by atomic mass is 10.1. The predicted molar refractivity (Wildman–Crippen MR) is 96.7 cm³/mol. The van der Waals surface area contributed by atoms with Gasteiger partial charge in [0.2, 0.25) is 0 Å². The first-order valence-electron chi connectivity index (χ1n) is 8.44. The number of hydrogen-bond donors (Lipinski definition) is 1. The number of aryl methyl sites for hydroxylation is 1. The third-order valence-corrected chi connectivity index (χ3v) is 4.22. The van der Waals surface area contributed by atoms with Gasteiger partial charge in [0.1, 0.15) is 17.9 Å². The van der Waals surface area contributed by atoms with E-state index in [1.54, 1.807) is 43.3 Å². The topological polar surface area (TPSA) is 90.7 Å². The Morgan fingerprint density at radius 3 is 2.88 bits per heavy atom. The van der Waals surface area contributed by atoms with Crippen molar-refractivity contribution in [1.29, 1.82) is 0 Å². The van der Waals surface area contributed by atoms with E-state index < -0.39 is 10.8 Å². The Morgan fingerprint density at radius 1 is 1.35 bits per heavy atom. The molecule has 0 aromatic heterocycles. The lowest BCUT2D eigenvalue weighted by Gasteiger charge is -2.13. The van der Waals surface area contributed by atoms with Gasteiger partial charge < -0.3 is 14.8 Å². The Morgan fingerprint density at radius 2 is 2.15 bits per heavy atom. The second-order valence-electron chi connectivity index (χ2n) is 6.16. The summed E-state index contributed by atoms with van der Waals surface area (Å²) in [4.78, 5) is 23.2. The molecule has 136 valence electrons. The molecule has 1 N–H and O–H groups in total. The minimum absolute atomic E-state index is 0.0284. The summed E-state index contributed by atoms with van der Waals surface area (Å²) in [6.45, 7) is 2.83. The van der Waals surface area contributed by atoms with Gasteiger partial charge in [-0.2, -0.15) is 0 Å². The summed E-state index contributed by atoms with van der Waals surface area (Å²) in [7, 11) is 0. The largest absolute Gasteiger partial charge is 0.491 e. The first-order chi connectivity index (χ1) is 12.5. The molecule has 1 atom stereocenters. The smallest absolute Gasteiger partial charge is 0.285 e. The number of anilines is 1. The SMILES string of the molecule is Cc1cccc(C(=O)Nc2cccc(OC[C@@H]3CCCO3)c2)c1[N+](=O)[O-]. The maximum Gasteiger partial charge on any atom is 0.285 e. The molecule has 0 bridgehead atoms. The standard InChI is InChI=1S/C19H20N2O5/c1-13-5-2-9-17(18(13)21(23)24)19(22)20-14-6-3-7-15(11-14)26-12-16-8-4-10-25-16/h2-3,5-7,9,11,16H,4,8,10,12H2,1H3,(H,20,22)/t16-/m0/s1. The molecule has 0 unspecified atom stereocenters. The van der Waals surface area contributed by atoms with Gasteiger partial charge in [-0.1, -0.05) is 18.2 Å². The van der Waals surface area contributed by atoms with Gasteiger partial charge in [-0.15, -0.1) is 0 Å². The van der Waals surface area contributed by atoms with Crippen molar-refractivity contribution in [2.45, 2.75) is 25.9 Å². The zero-order chi connectivity index (χ0) is 18.5. The zero-order valence-corrected chi connectivity index (χ0v) is 14.4. The third kappa shape index (κ3) is 4.18. The number of carbonyl (C=O) groups excluding carboxylic acids is 1. The van der Waals surface area contributed by atoms with Crippen molar-refractivity contribution in [3.05, 3.63) is 63.7 Å². The highest BCUT2D eigenvalue weighted by Crippen LogP contribution is 2.25. The van der Waals surface area contributed by atoms with E-state index in [1.807, 2.05) is 0 Å². The minimum Gasteiger partial charge on any atom is -0.491 e. The molecule has 0 spiro atoms. The first kappa shape index (κ1) is 17.9. The highest BCUT2D eigenvalue weighted by atomic mass is 16.6. The third-order valence-electron chi connectivity index (χ3n) is 4.22. The molecule has 2 aromatic carbocycles. The van der Waals surface area contributed by atoms with Crippen molar-refractivity contribution < 1.29 is 19.2 Å². The number of carbonyl (C=O) groups is 1. The number of ether oxygens (including phenoxy) is 2. The summed E-state index contributed by atoms with van der Waals surface area (Å²) in [5, 5.41) is 14.0. The van der Waals surface area contributed by atoms with Crippen LogP contribution in [0.25, 0.3) is 0 Å². The summed E-state index contributed by atoms with van der Waals surface area (Å²) < 4.78 is 11.2. The molecule has 0 saturated carbocycles. The Kier molecular flexibility index (Phi) is 5.48. The summed E-state index contributed by atoms with van der Waals surface area (Å²) >= 11 is 0. The van der Waals surface area contributed by atoms with Gasteiger partial charge in [-0.25, -0.2) is 0 Å². The van der Waals surface area contributed by atoms with Crippen LogP contribution in [0, 0.1) is 17.0 Å². The van der Waals surface area contributed by atoms with E-state index in [2.05, 4.69) is 5.32 Å². The number of rotatable bonds is 6. The maximum absolute atomic E-state index is 12.5. The molecule has 1 heterocycles. The van der Waals surface area contributed by atoms with E-state index in [0.29, 0.717) is 23.6 Å². The molecule has 2 aromatic rings. The van der Waals surface area contributed by atoms with Gasteiger partial charge in [-0.05, 0) is 38.0 Å². The van der Waals surface area contributed by atoms with Crippen molar-refractivity contribution in [2.24, 2.45) is 0 Å². The highest BCUT2D eigenvalue weighted by Gasteiger charge is 2.22. The van der Waals surface area contributed by atoms with Crippen molar-refractivity contribution in [1.82, 2.24) is 0 Å². The first-order valence-corrected chi connectivity index (χ1v) is 8.44. The second kappa shape index (κ2) is 7.97. The number of nitrogens with zero attached hydrogens (tertiary/aromatic N) is 1. The fourth-order valence-electron chi connectivity index (χ4n) is 2.91. The van der Waals surface area contributed by atoms with Crippen molar-refractivity contribution in [2.75, 3.05) is 18.5 Å². The van der Waals surface area contributed by atoms with Gasteiger partial charge in [0.25, 0.3) is 11.6 Å². The number of nitro benzene ring substituents is 1. The van der Waals surface area contributed by atoms with Crippen molar-refractivity contribution in [3.63, 3.8) is 0 Å². The predicted octanol–water partition coefficient (Wildman–Crippen LogP) is 3.71. The average molecular weight is 356 g/mol. The molecule has 7 heteroatoms. The van der Waals surface area contributed by atoms with E-state index in [9.17, 15) is 14.9 Å². The second-order valence-corrected chi connectivity index (χ2v) is 6.16. The number of benzene rings is 2. The van der Waals surface area contributed by atoms with Crippen LogP contribution >= 0.6 is 0 Å². The van der Waals surface area contributed by atoms with E-state index >= 15 is 0 Å². The number of nitro groups is 1. The van der Waals surface area contributed by atoms with Crippen LogP contribution in [0.3, 0.4) is 0 Å². The van der Waals surface area contributed by atoms with Crippen LogP contribution < -0.4 is 10.1 Å². The van der Waals surface area contributed by atoms with Gasteiger partial charge in [0.15, 0.2) is 0 Å². The Balaban J connectivity index is 1.71. The van der Waals surface area contributed by atoms with Crippen LogP contribution in [-0.2, 0) is 4.74 Å². The molecule has 1 aliphatic heterocycles. The van der Waals surface area contributed by atoms with Gasteiger partial charge in [0, 0.05) is 23.9 Å². The Bertz CT molecular complexity index is 815. The fraction of sp³-hybridized carbons (Fsp3) is 0.316. The Labute approximate surface area is 151 Å². The number of para-hydroxylation sites is 1. The van der Waals surface area contributed by atoms with Gasteiger partial charge >= 0.3 is 0 Å². The molecule has 1 saturated heterocycles. The fourth-order valence-corrected chi connectivity index (χ4v) is 2.91. The van der Waals surface area contributed by atoms with Crippen LogP contribution in [0.2, 0.25) is 0 Å². The van der Waals surface area contributed by atoms with Crippen LogP contribution in [0.15, 0.2) is 42.5 Å². The summed E-state index contributed by atoms with van der Waals surface area (Å²) in [6, 6.07) is 11.6. The molecule has 1 fully saturated rings. The molecule has 1 aliphatic rings. The number of nitrogens with one attached hydrogen (secondary N) is 1. The van der Waals surface area contributed by atoms with Crippen molar-refractivity contribution >= 4 is 17.3 Å². The van der Waals surface area contributed by atoms with Gasteiger partial charge in [-0.3, -0.25) is 14.9 Å². The molecule has 26 heavy (non-hydrogen) atoms. The zero-order valence-electron chi connectivity index (χ0n) is 14.4. The molecular formula is C19H20N2O5. The monoisotopic (exact) mass is 356 g/mol. The van der Waals surface area contributed by atoms with Gasteiger partial charge in [0.05, 0.1) is 11.0 Å². The number of hydrogen-bond acceptors (Lipinski definition) is 5. The summed E-state index contributed by atoms with van der Waals surface area (Å²) in [5.41, 5.74) is 0.795. The molecule has 0 aliphatic carbocycles. The summed E-state index contributed by atoms with van der Waals surface area (Å²) in [5.74, 6) is 0.0775. The summed E-state index contributed by atoms with van der Waals surface area (Å²) in [6.07, 6.45) is 2.12. The van der Waals surface area contributed by atoms with Crippen LogP contribution in [0.1, 0.15) is 28.8 Å². The van der Waals surface area contributed by atoms with E-state index in [-0.39, 0.29) is 17.4 Å². The molecule has 3 rings (SSSR count). The lowest BCUT2D eigenvalue weighted by Crippen LogP contribution is -2.17. The molecule has 1 amide bonds. The normalized spacial score (nSPS) is 16.3. The molecular weight excluding hydrogens is 336 g/mol. The quantitative estimate of drug-likeness (QED) is 0.629. The number of amides is 1. The average Bonchev–Trinajstić information content (AvgIpc) is 3.13. The van der Waals surface area contributed by atoms with E-state index in [0.717, 1.165) is 19.4 Å². The van der Waals surface area contributed by atoms with Crippen LogP contribution in [-0.4, -0.2) is 30.1 Å². The molecule has 7 nitrogen and oxygen atoms in total.